The van der Waals surface area contributed by atoms with E-state index in [1.807, 2.05) is 36.4 Å². The molecule has 0 atom stereocenters. The number of aryl methyl sites for hydroxylation is 1. The Morgan fingerprint density at radius 3 is 0.886 bits per heavy atom. The first kappa shape index (κ1) is 60.1. The van der Waals surface area contributed by atoms with Crippen LogP contribution in [0.25, 0.3) is 33.4 Å². The molecule has 0 N–H and O–H groups in total. The first-order valence-electron chi connectivity index (χ1n) is 30.3. The van der Waals surface area contributed by atoms with E-state index in [1.165, 1.54) is 145 Å². The van der Waals surface area contributed by atoms with Crippen LogP contribution in [0.4, 0.5) is 0 Å². The van der Waals surface area contributed by atoms with Gasteiger partial charge in [-0.1, -0.05) is 184 Å². The minimum Gasteiger partial charge on any atom is -0.496 e. The molecule has 0 spiro atoms. The molecule has 79 heavy (non-hydrogen) atoms. The fourth-order valence-corrected chi connectivity index (χ4v) is 21.1. The molecule has 6 nitrogen and oxygen atoms in total. The van der Waals surface area contributed by atoms with Crippen LogP contribution in [0.1, 0.15) is 162 Å². The topological polar surface area (TPSA) is 55.4 Å². The van der Waals surface area contributed by atoms with Crippen molar-refractivity contribution in [1.82, 2.24) is 0 Å². The second-order valence-corrected chi connectivity index (χ2v) is 28.4. The molecule has 0 amide bonds. The van der Waals surface area contributed by atoms with Gasteiger partial charge in [-0.2, -0.15) is 0 Å². The van der Waals surface area contributed by atoms with E-state index in [1.54, 1.807) is 39.0 Å². The third kappa shape index (κ3) is 15.5. The average molecular weight is 1110 g/mol. The smallest absolute Gasteiger partial charge is 0.131 e. The molecule has 0 aromatic heterocycles. The van der Waals surface area contributed by atoms with Gasteiger partial charge in [0.05, 0.1) is 57.3 Å². The van der Waals surface area contributed by atoms with Crippen molar-refractivity contribution >= 4 is 26.5 Å². The molecule has 6 aromatic rings. The maximum atomic E-state index is 6.37. The molecule has 4 fully saturated rings. The molecule has 0 saturated heterocycles. The van der Waals surface area contributed by atoms with Crippen LogP contribution in [0, 0.1) is 6.92 Å². The van der Waals surface area contributed by atoms with E-state index < -0.39 is 0 Å². The highest BCUT2D eigenvalue weighted by Gasteiger charge is 2.36. The summed E-state index contributed by atoms with van der Waals surface area (Å²) in [5.41, 5.74) is 11.8. The molecule has 4 aliphatic carbocycles. The fraction of sp³-hybridized carbons (Fsp3) is 0.493. The number of hydrogen-bond acceptors (Lipinski definition) is 6. The lowest BCUT2D eigenvalue weighted by Crippen LogP contribution is -2.27. The molecular formula is C71H94O6P2. The van der Waals surface area contributed by atoms with Crippen LogP contribution in [-0.2, 0) is 0 Å². The zero-order chi connectivity index (χ0) is 55.5. The zero-order valence-electron chi connectivity index (χ0n) is 49.6. The molecule has 4 saturated carbocycles. The van der Waals surface area contributed by atoms with Gasteiger partial charge in [-0.25, -0.2) is 0 Å². The number of methoxy groups -OCH3 is 4. The summed E-state index contributed by atoms with van der Waals surface area (Å²) >= 11 is 0. The van der Waals surface area contributed by atoms with Crippen LogP contribution in [-0.4, -0.2) is 63.3 Å². The molecule has 4 aliphatic rings. The normalized spacial score (nSPS) is 16.7. The Kier molecular flexibility index (Phi) is 23.3. The van der Waals surface area contributed by atoms with E-state index in [4.69, 9.17) is 28.4 Å². The van der Waals surface area contributed by atoms with Gasteiger partial charge in [0.1, 0.15) is 34.5 Å². The van der Waals surface area contributed by atoms with E-state index in [0.717, 1.165) is 79.4 Å². The van der Waals surface area contributed by atoms with Crippen molar-refractivity contribution in [3.63, 3.8) is 0 Å². The lowest BCUT2D eigenvalue weighted by molar-refractivity contribution is 0.231. The maximum absolute atomic E-state index is 6.37. The maximum Gasteiger partial charge on any atom is 0.131 e. The molecular weight excluding hydrogens is 1010 g/mol. The van der Waals surface area contributed by atoms with Crippen molar-refractivity contribution in [3.05, 3.63) is 133 Å². The van der Waals surface area contributed by atoms with Crippen molar-refractivity contribution in [2.45, 2.75) is 198 Å². The Labute approximate surface area is 479 Å². The summed E-state index contributed by atoms with van der Waals surface area (Å²) < 4.78 is 35.2. The van der Waals surface area contributed by atoms with Crippen molar-refractivity contribution in [2.24, 2.45) is 0 Å². The van der Waals surface area contributed by atoms with Crippen molar-refractivity contribution in [2.75, 3.05) is 28.4 Å². The summed E-state index contributed by atoms with van der Waals surface area (Å²) in [7, 11) is 6.50. The highest BCUT2D eigenvalue weighted by Crippen LogP contribution is 2.59. The first-order valence-corrected chi connectivity index (χ1v) is 33.3. The van der Waals surface area contributed by atoms with Crippen LogP contribution in [0.3, 0.4) is 0 Å². The highest BCUT2D eigenvalue weighted by molar-refractivity contribution is 7.67. The number of rotatable bonds is 17. The molecule has 10 rings (SSSR count). The molecule has 0 radical (unpaired) electrons. The van der Waals surface area contributed by atoms with Gasteiger partial charge in [-0.05, 0) is 178 Å². The third-order valence-corrected chi connectivity index (χ3v) is 23.9. The lowest BCUT2D eigenvalue weighted by atomic mass is 9.99. The number of benzene rings is 6. The lowest BCUT2D eigenvalue weighted by Gasteiger charge is -2.39. The Morgan fingerprint density at radius 2 is 0.582 bits per heavy atom. The molecule has 0 bridgehead atoms. The van der Waals surface area contributed by atoms with E-state index in [9.17, 15) is 0 Å². The van der Waals surface area contributed by atoms with Crippen LogP contribution >= 0.6 is 15.8 Å². The summed E-state index contributed by atoms with van der Waals surface area (Å²) in [6, 6.07) is 45.0. The predicted molar refractivity (Wildman–Crippen MR) is 339 cm³/mol. The van der Waals surface area contributed by atoms with Crippen molar-refractivity contribution in [3.8, 4) is 67.9 Å². The van der Waals surface area contributed by atoms with Crippen LogP contribution < -0.4 is 39.0 Å². The highest BCUT2D eigenvalue weighted by atomic mass is 31.1. The minimum atomic E-state index is -0.213. The Hall–Kier alpha value is -5.02. The second-order valence-electron chi connectivity index (χ2n) is 22.9. The number of ether oxygens (including phenoxy) is 6. The second kappa shape index (κ2) is 30.7. The largest absolute Gasteiger partial charge is 0.496 e. The Balaban J connectivity index is 0.000000164. The van der Waals surface area contributed by atoms with Crippen LogP contribution in [0.2, 0.25) is 0 Å². The van der Waals surface area contributed by atoms with Gasteiger partial charge in [0.2, 0.25) is 0 Å². The van der Waals surface area contributed by atoms with E-state index in [2.05, 4.69) is 126 Å². The van der Waals surface area contributed by atoms with Crippen LogP contribution in [0.15, 0.2) is 127 Å². The number of hydrogen-bond donors (Lipinski definition) is 0. The van der Waals surface area contributed by atoms with Crippen molar-refractivity contribution < 1.29 is 28.4 Å². The molecule has 424 valence electrons. The average Bonchev–Trinajstić information content (AvgIpc) is 3.58. The summed E-state index contributed by atoms with van der Waals surface area (Å²) in [6.45, 7) is 10.5. The Bertz CT molecular complexity index is 2670. The molecule has 0 unspecified atom stereocenters. The van der Waals surface area contributed by atoms with E-state index >= 15 is 0 Å². The molecule has 0 heterocycles. The van der Waals surface area contributed by atoms with Gasteiger partial charge in [0, 0.05) is 0 Å². The van der Waals surface area contributed by atoms with Gasteiger partial charge in [-0.15, -0.1) is 0 Å². The fourth-order valence-electron chi connectivity index (χ4n) is 13.2. The SMILES string of the molecule is CC(C)Oc1cccc(OC(C)C)c1-c1ccccc1P(C1CCCCC1)C1CCCCC1.COc1cccc(OC)c1-c1ccccc1C.COc1cccc(OC)c1-c1ccccc1P(C1CCCCC1)C1CCCCC1. The third-order valence-electron chi connectivity index (χ3n) is 16.8. The molecule has 0 aliphatic heterocycles. The predicted octanol–water partition coefficient (Wildman–Crippen LogP) is 19.5. The molecule has 6 aromatic carbocycles. The van der Waals surface area contributed by atoms with E-state index in [0.29, 0.717) is 0 Å². The van der Waals surface area contributed by atoms with Gasteiger partial charge in [0.15, 0.2) is 0 Å². The van der Waals surface area contributed by atoms with Gasteiger partial charge >= 0.3 is 0 Å². The standard InChI is InChI=1S/C30H43O2P.C26H35O2P.C15H16O2/c1-22(2)31-27-19-13-20-28(32-23(3)4)30(27)26-18-11-12-21-29(26)33(24-14-7-5-8-15-24)25-16-9-6-10-17-25;1-27-23-17-11-18-24(28-2)26(23)22-16-9-10-19-25(22)29(20-12-5-3-6-13-20)21-14-7-4-8-15-21;1-11-7-4-5-8-12(11)15-13(16-2)9-6-10-14(15)17-3/h11-13,18-25H,5-10,14-17H2,1-4H3;9-11,16-21H,3-8,12-15H2,1-2H3;4-10H,1-3H3. The van der Waals surface area contributed by atoms with Crippen LogP contribution in [0.5, 0.6) is 34.5 Å². The zero-order valence-corrected chi connectivity index (χ0v) is 51.4. The van der Waals surface area contributed by atoms with Crippen molar-refractivity contribution in [1.29, 1.82) is 0 Å². The van der Waals surface area contributed by atoms with Gasteiger partial charge in [0.25, 0.3) is 0 Å². The summed E-state index contributed by atoms with van der Waals surface area (Å²) in [4.78, 5) is 0. The Morgan fingerprint density at radius 1 is 0.316 bits per heavy atom. The van der Waals surface area contributed by atoms with Gasteiger partial charge in [-0.3, -0.25) is 0 Å². The summed E-state index contributed by atoms with van der Waals surface area (Å²) in [5.74, 6) is 5.41. The molecule has 8 heteroatoms. The monoisotopic (exact) mass is 1100 g/mol. The van der Waals surface area contributed by atoms with Gasteiger partial charge < -0.3 is 28.4 Å². The first-order chi connectivity index (χ1) is 38.6. The summed E-state index contributed by atoms with van der Waals surface area (Å²) in [5, 5.41) is 3.18. The minimum absolute atomic E-state index is 0.128. The quantitative estimate of drug-likeness (QED) is 0.0849. The van der Waals surface area contributed by atoms with E-state index in [-0.39, 0.29) is 28.1 Å². The summed E-state index contributed by atoms with van der Waals surface area (Å²) in [6.07, 6.45) is 28.6.